The first-order chi connectivity index (χ1) is 6.55. The predicted molar refractivity (Wildman–Crippen MR) is 61.1 cm³/mol. The second-order valence-electron chi connectivity index (χ2n) is 3.96. The Morgan fingerprint density at radius 2 is 1.86 bits per heavy atom. The number of aliphatic hydroxyl groups is 1. The van der Waals surface area contributed by atoms with Crippen LogP contribution >= 0.6 is 0 Å². The largest absolute Gasteiger partial charge is 0.391 e. The van der Waals surface area contributed by atoms with Crippen molar-refractivity contribution in [3.8, 4) is 12.3 Å². The first kappa shape index (κ1) is 13.5. The van der Waals surface area contributed by atoms with Crippen LogP contribution in [0.2, 0.25) is 0 Å². The van der Waals surface area contributed by atoms with Crippen molar-refractivity contribution in [2.45, 2.75) is 51.2 Å². The Labute approximate surface area is 88.3 Å². The molecule has 0 aromatic rings. The Kier molecular flexibility index (Phi) is 5.83. The highest BCUT2D eigenvalue weighted by Gasteiger charge is 2.35. The summed E-state index contributed by atoms with van der Waals surface area (Å²) in [5.74, 6) is 2.58. The molecule has 0 fully saturated rings. The zero-order valence-corrected chi connectivity index (χ0v) is 9.88. The lowest BCUT2D eigenvalue weighted by molar-refractivity contribution is -0.0167. The van der Waals surface area contributed by atoms with Crippen molar-refractivity contribution >= 4 is 0 Å². The summed E-state index contributed by atoms with van der Waals surface area (Å²) in [6.45, 7) is 4.23. The Hall–Kier alpha value is -0.520. The second-order valence-corrected chi connectivity index (χ2v) is 3.96. The molecule has 1 N–H and O–H groups in total. The van der Waals surface area contributed by atoms with Crippen LogP contribution in [-0.2, 0) is 0 Å². The molecule has 1 atom stereocenters. The standard InChI is InChI=1S/C12H23NO/c1-6-9-10-11(14)12(7-2,8-3)13(4)5/h1,11,14H,7-10H2,2-5H3. The van der Waals surface area contributed by atoms with Crippen molar-refractivity contribution < 1.29 is 5.11 Å². The fraction of sp³-hybridized carbons (Fsp3) is 0.833. The molecule has 0 saturated heterocycles. The van der Waals surface area contributed by atoms with Gasteiger partial charge >= 0.3 is 0 Å². The minimum absolute atomic E-state index is 0.114. The van der Waals surface area contributed by atoms with E-state index in [1.165, 1.54) is 0 Å². The topological polar surface area (TPSA) is 23.5 Å². The SMILES string of the molecule is C#CCCC(O)C(CC)(CC)N(C)C. The van der Waals surface area contributed by atoms with Crippen LogP contribution in [0.4, 0.5) is 0 Å². The first-order valence-electron chi connectivity index (χ1n) is 5.34. The number of hydrogen-bond acceptors (Lipinski definition) is 2. The van der Waals surface area contributed by atoms with Gasteiger partial charge in [0.1, 0.15) is 0 Å². The fourth-order valence-corrected chi connectivity index (χ4v) is 2.14. The van der Waals surface area contributed by atoms with Crippen LogP contribution in [0.25, 0.3) is 0 Å². The molecule has 1 unspecified atom stereocenters. The Bertz CT molecular complexity index is 189. The van der Waals surface area contributed by atoms with E-state index >= 15 is 0 Å². The third kappa shape index (κ3) is 2.73. The normalized spacial score (nSPS) is 14.1. The van der Waals surface area contributed by atoms with Gasteiger partial charge in [0.25, 0.3) is 0 Å². The van der Waals surface area contributed by atoms with E-state index in [1.807, 2.05) is 14.1 Å². The summed E-state index contributed by atoms with van der Waals surface area (Å²) >= 11 is 0. The molecule has 0 radical (unpaired) electrons. The third-order valence-corrected chi connectivity index (χ3v) is 3.30. The second kappa shape index (κ2) is 6.06. The van der Waals surface area contributed by atoms with Crippen molar-refractivity contribution in [3.63, 3.8) is 0 Å². The summed E-state index contributed by atoms with van der Waals surface area (Å²) in [4.78, 5) is 2.12. The molecule has 2 nitrogen and oxygen atoms in total. The molecule has 0 heterocycles. The van der Waals surface area contributed by atoms with E-state index in [1.54, 1.807) is 0 Å². The summed E-state index contributed by atoms with van der Waals surface area (Å²) in [6.07, 6.45) is 8.11. The fourth-order valence-electron chi connectivity index (χ4n) is 2.14. The quantitative estimate of drug-likeness (QED) is 0.657. The zero-order chi connectivity index (χ0) is 11.2. The minimum Gasteiger partial charge on any atom is -0.391 e. The van der Waals surface area contributed by atoms with E-state index in [-0.39, 0.29) is 11.6 Å². The molecule has 0 aliphatic carbocycles. The molecule has 0 aromatic heterocycles. The molecule has 0 aliphatic rings. The number of aliphatic hydroxyl groups excluding tert-OH is 1. The van der Waals surface area contributed by atoms with Crippen molar-refractivity contribution in [1.29, 1.82) is 0 Å². The van der Waals surface area contributed by atoms with Gasteiger partial charge in [-0.05, 0) is 33.4 Å². The summed E-state index contributed by atoms with van der Waals surface area (Å²) in [7, 11) is 4.04. The average Bonchev–Trinajstić information content (AvgIpc) is 2.17. The number of likely N-dealkylation sites (N-methyl/N-ethyl adjacent to an activating group) is 1. The lowest BCUT2D eigenvalue weighted by atomic mass is 9.83. The van der Waals surface area contributed by atoms with Gasteiger partial charge in [-0.3, -0.25) is 0 Å². The first-order valence-corrected chi connectivity index (χ1v) is 5.34. The van der Waals surface area contributed by atoms with Crippen molar-refractivity contribution in [2.75, 3.05) is 14.1 Å². The third-order valence-electron chi connectivity index (χ3n) is 3.30. The van der Waals surface area contributed by atoms with Crippen molar-refractivity contribution in [3.05, 3.63) is 0 Å². The maximum atomic E-state index is 10.1. The number of rotatable bonds is 6. The number of terminal acetylenes is 1. The lowest BCUT2D eigenvalue weighted by Gasteiger charge is -2.42. The van der Waals surface area contributed by atoms with E-state index in [0.29, 0.717) is 12.8 Å². The van der Waals surface area contributed by atoms with Gasteiger partial charge in [0.15, 0.2) is 0 Å². The van der Waals surface area contributed by atoms with Crippen LogP contribution in [0.3, 0.4) is 0 Å². The van der Waals surface area contributed by atoms with Crippen LogP contribution in [-0.4, -0.2) is 35.7 Å². The minimum atomic E-state index is -0.330. The molecule has 0 aliphatic heterocycles. The van der Waals surface area contributed by atoms with E-state index in [0.717, 1.165) is 12.8 Å². The Morgan fingerprint density at radius 3 is 2.14 bits per heavy atom. The highest BCUT2D eigenvalue weighted by molar-refractivity contribution is 4.95. The summed E-state index contributed by atoms with van der Waals surface area (Å²) in [5.41, 5.74) is -0.114. The van der Waals surface area contributed by atoms with Crippen LogP contribution in [0.1, 0.15) is 39.5 Å². The molecule has 14 heavy (non-hydrogen) atoms. The van der Waals surface area contributed by atoms with Gasteiger partial charge in [-0.2, -0.15) is 0 Å². The van der Waals surface area contributed by atoms with Crippen LogP contribution < -0.4 is 0 Å². The van der Waals surface area contributed by atoms with Crippen LogP contribution in [0, 0.1) is 12.3 Å². The van der Waals surface area contributed by atoms with Gasteiger partial charge < -0.3 is 10.0 Å². The van der Waals surface area contributed by atoms with Gasteiger partial charge in [0.05, 0.1) is 6.10 Å². The predicted octanol–water partition coefficient (Wildman–Crippen LogP) is 1.88. The highest BCUT2D eigenvalue weighted by atomic mass is 16.3. The molecule has 82 valence electrons. The highest BCUT2D eigenvalue weighted by Crippen LogP contribution is 2.28. The van der Waals surface area contributed by atoms with E-state index in [4.69, 9.17) is 6.42 Å². The molecule has 0 rings (SSSR count). The van der Waals surface area contributed by atoms with Crippen molar-refractivity contribution in [1.82, 2.24) is 4.90 Å². The molecular weight excluding hydrogens is 174 g/mol. The van der Waals surface area contributed by atoms with E-state index in [9.17, 15) is 5.11 Å². The maximum absolute atomic E-state index is 10.1. The Balaban J connectivity index is 4.55. The summed E-state index contributed by atoms with van der Waals surface area (Å²) in [5, 5.41) is 10.1. The van der Waals surface area contributed by atoms with Gasteiger partial charge in [-0.1, -0.05) is 13.8 Å². The van der Waals surface area contributed by atoms with Crippen molar-refractivity contribution in [2.24, 2.45) is 0 Å². The molecule has 0 saturated carbocycles. The molecule has 0 aromatic carbocycles. The van der Waals surface area contributed by atoms with Gasteiger partial charge in [0, 0.05) is 12.0 Å². The zero-order valence-electron chi connectivity index (χ0n) is 9.88. The van der Waals surface area contributed by atoms with Gasteiger partial charge in [-0.25, -0.2) is 0 Å². The van der Waals surface area contributed by atoms with Gasteiger partial charge in [-0.15, -0.1) is 12.3 Å². The molecule has 0 bridgehead atoms. The van der Waals surface area contributed by atoms with Gasteiger partial charge in [0.2, 0.25) is 0 Å². The molecular formula is C12H23NO. The Morgan fingerprint density at radius 1 is 1.36 bits per heavy atom. The lowest BCUT2D eigenvalue weighted by Crippen LogP contribution is -2.52. The smallest absolute Gasteiger partial charge is 0.0732 e. The molecule has 2 heteroatoms. The average molecular weight is 197 g/mol. The molecule has 0 amide bonds. The summed E-state index contributed by atoms with van der Waals surface area (Å²) < 4.78 is 0. The van der Waals surface area contributed by atoms with Crippen LogP contribution in [0.5, 0.6) is 0 Å². The van der Waals surface area contributed by atoms with E-state index in [2.05, 4.69) is 24.7 Å². The maximum Gasteiger partial charge on any atom is 0.0732 e. The molecule has 0 spiro atoms. The van der Waals surface area contributed by atoms with Crippen LogP contribution in [0.15, 0.2) is 0 Å². The number of hydrogen-bond donors (Lipinski definition) is 1. The monoisotopic (exact) mass is 197 g/mol. The number of nitrogens with zero attached hydrogens (tertiary/aromatic N) is 1. The summed E-state index contributed by atoms with van der Waals surface area (Å²) in [6, 6.07) is 0. The van der Waals surface area contributed by atoms with E-state index < -0.39 is 0 Å².